The normalized spacial score (nSPS) is 11.0. The van der Waals surface area contributed by atoms with Crippen LogP contribution in [0.5, 0.6) is 5.75 Å². The van der Waals surface area contributed by atoms with Gasteiger partial charge in [0, 0.05) is 64.6 Å². The summed E-state index contributed by atoms with van der Waals surface area (Å²) in [6, 6.07) is 11.5. The van der Waals surface area contributed by atoms with Crippen LogP contribution in [-0.2, 0) is 17.8 Å². The summed E-state index contributed by atoms with van der Waals surface area (Å²) in [5.41, 5.74) is 2.30. The number of benzene rings is 1. The number of halogens is 1. The monoisotopic (exact) mass is 542 g/mol. The van der Waals surface area contributed by atoms with E-state index in [1.54, 1.807) is 30.9 Å². The molecule has 172 valence electrons. The van der Waals surface area contributed by atoms with Crippen LogP contribution in [0.2, 0.25) is 0 Å². The predicted octanol–water partition coefficient (Wildman–Crippen LogP) is 3.34. The van der Waals surface area contributed by atoms with E-state index in [2.05, 4.69) is 40.7 Å². The highest BCUT2D eigenvalue weighted by molar-refractivity contribution is 14.0. The van der Waals surface area contributed by atoms with Gasteiger partial charge in [-0.25, -0.2) is 0 Å². The molecule has 0 aliphatic carbocycles. The van der Waals surface area contributed by atoms with E-state index < -0.39 is 0 Å². The maximum atomic E-state index is 11.7. The molecule has 0 radical (unpaired) electrons. The predicted molar refractivity (Wildman–Crippen MR) is 137 cm³/mol. The van der Waals surface area contributed by atoms with Crippen molar-refractivity contribution >= 4 is 29.9 Å². The first-order chi connectivity index (χ1) is 14.6. The minimum atomic E-state index is 0. The zero-order valence-electron chi connectivity index (χ0n) is 18.7. The SMILES string of the molecule is CN=C(NCCCCn1ccccc1=O)NCc1ccc(C)cc1OCCCOC.I. The highest BCUT2D eigenvalue weighted by Gasteiger charge is 2.06. The standard InChI is InChI=1S/C23H34N4O3.HI/c1-19-10-11-20(21(17-19)30-16-8-15-29-3)18-26-23(24-2)25-12-5-7-14-27-13-6-4-9-22(27)28;/h4,6,9-11,13,17H,5,7-8,12,14-16,18H2,1-3H3,(H2,24,25,26);1H. The van der Waals surface area contributed by atoms with Gasteiger partial charge in [-0.1, -0.05) is 18.2 Å². The first-order valence-corrected chi connectivity index (χ1v) is 10.5. The molecule has 0 saturated heterocycles. The van der Waals surface area contributed by atoms with Crippen molar-refractivity contribution in [3.63, 3.8) is 0 Å². The van der Waals surface area contributed by atoms with E-state index in [0.717, 1.165) is 49.6 Å². The summed E-state index contributed by atoms with van der Waals surface area (Å²) in [5.74, 6) is 1.64. The summed E-state index contributed by atoms with van der Waals surface area (Å²) in [6.07, 6.45) is 4.55. The van der Waals surface area contributed by atoms with Gasteiger partial charge in [0.2, 0.25) is 5.56 Å². The third-order valence-corrected chi connectivity index (χ3v) is 4.66. The summed E-state index contributed by atoms with van der Waals surface area (Å²) >= 11 is 0. The topological polar surface area (TPSA) is 76.9 Å². The van der Waals surface area contributed by atoms with Gasteiger partial charge in [-0.05, 0) is 37.5 Å². The molecule has 8 heteroatoms. The van der Waals surface area contributed by atoms with Gasteiger partial charge in [0.15, 0.2) is 5.96 Å². The van der Waals surface area contributed by atoms with Crippen molar-refractivity contribution in [1.29, 1.82) is 0 Å². The van der Waals surface area contributed by atoms with E-state index in [0.29, 0.717) is 19.8 Å². The summed E-state index contributed by atoms with van der Waals surface area (Å²) in [4.78, 5) is 16.0. The van der Waals surface area contributed by atoms with Crippen LogP contribution in [0.3, 0.4) is 0 Å². The molecule has 0 amide bonds. The molecule has 0 bridgehead atoms. The largest absolute Gasteiger partial charge is 0.493 e. The van der Waals surface area contributed by atoms with Gasteiger partial charge in [0.1, 0.15) is 5.75 Å². The molecule has 7 nitrogen and oxygen atoms in total. The fraction of sp³-hybridized carbons (Fsp3) is 0.478. The number of nitrogens with zero attached hydrogens (tertiary/aromatic N) is 2. The molecule has 0 spiro atoms. The molecule has 1 heterocycles. The molecule has 0 aliphatic rings. The number of rotatable bonds is 12. The molecule has 0 saturated carbocycles. The Labute approximate surface area is 202 Å². The van der Waals surface area contributed by atoms with Crippen molar-refractivity contribution < 1.29 is 9.47 Å². The minimum absolute atomic E-state index is 0. The van der Waals surface area contributed by atoms with Crippen LogP contribution >= 0.6 is 24.0 Å². The Bertz CT molecular complexity index is 855. The van der Waals surface area contributed by atoms with Gasteiger partial charge in [0.05, 0.1) is 6.61 Å². The van der Waals surface area contributed by atoms with E-state index in [9.17, 15) is 4.79 Å². The summed E-state index contributed by atoms with van der Waals surface area (Å²) in [6.45, 7) is 5.51. The number of aromatic nitrogens is 1. The van der Waals surface area contributed by atoms with Crippen molar-refractivity contribution in [3.8, 4) is 5.75 Å². The Morgan fingerprint density at radius 1 is 1.10 bits per heavy atom. The van der Waals surface area contributed by atoms with E-state index in [1.165, 1.54) is 5.56 Å². The number of hydrogen-bond donors (Lipinski definition) is 2. The molecule has 2 rings (SSSR count). The average molecular weight is 542 g/mol. The van der Waals surface area contributed by atoms with Crippen molar-refractivity contribution in [2.45, 2.75) is 39.3 Å². The zero-order chi connectivity index (χ0) is 21.6. The second-order valence-corrected chi connectivity index (χ2v) is 7.10. The molecule has 0 aliphatic heterocycles. The zero-order valence-corrected chi connectivity index (χ0v) is 21.1. The number of hydrogen-bond acceptors (Lipinski definition) is 4. The van der Waals surface area contributed by atoms with Gasteiger partial charge in [-0.3, -0.25) is 9.79 Å². The highest BCUT2D eigenvalue weighted by Crippen LogP contribution is 2.20. The number of guanidine groups is 1. The van der Waals surface area contributed by atoms with E-state index in [4.69, 9.17) is 9.47 Å². The molecule has 1 aromatic carbocycles. The Morgan fingerprint density at radius 2 is 1.94 bits per heavy atom. The number of pyridine rings is 1. The van der Waals surface area contributed by atoms with E-state index >= 15 is 0 Å². The fourth-order valence-electron chi connectivity index (χ4n) is 2.99. The lowest BCUT2D eigenvalue weighted by Crippen LogP contribution is -2.37. The molecule has 0 atom stereocenters. The van der Waals surface area contributed by atoms with Gasteiger partial charge >= 0.3 is 0 Å². The number of nitrogens with one attached hydrogen (secondary N) is 2. The molecule has 2 aromatic rings. The summed E-state index contributed by atoms with van der Waals surface area (Å²) in [7, 11) is 3.46. The third-order valence-electron chi connectivity index (χ3n) is 4.66. The Hall–Kier alpha value is -2.07. The van der Waals surface area contributed by atoms with Gasteiger partial charge < -0.3 is 24.7 Å². The molecule has 2 N–H and O–H groups in total. The van der Waals surface area contributed by atoms with Crippen molar-refractivity contribution in [2.75, 3.05) is 33.9 Å². The summed E-state index contributed by atoms with van der Waals surface area (Å²) in [5, 5.41) is 6.67. The Kier molecular flexibility index (Phi) is 13.6. The molecular weight excluding hydrogens is 507 g/mol. The fourth-order valence-corrected chi connectivity index (χ4v) is 2.99. The Morgan fingerprint density at radius 3 is 2.68 bits per heavy atom. The van der Waals surface area contributed by atoms with E-state index in [-0.39, 0.29) is 29.5 Å². The van der Waals surface area contributed by atoms with Crippen LogP contribution in [0.25, 0.3) is 0 Å². The molecular formula is C23H35IN4O3. The first-order valence-electron chi connectivity index (χ1n) is 10.5. The van der Waals surface area contributed by atoms with Gasteiger partial charge in [-0.2, -0.15) is 0 Å². The molecule has 0 fully saturated rings. The van der Waals surface area contributed by atoms with E-state index in [1.807, 2.05) is 12.3 Å². The second-order valence-electron chi connectivity index (χ2n) is 7.10. The number of aliphatic imine (C=N–C) groups is 1. The Balaban J connectivity index is 0.00000480. The smallest absolute Gasteiger partial charge is 0.250 e. The lowest BCUT2D eigenvalue weighted by Gasteiger charge is -2.15. The van der Waals surface area contributed by atoms with Crippen LogP contribution < -0.4 is 20.9 Å². The number of ether oxygens (including phenoxy) is 2. The number of methoxy groups -OCH3 is 1. The summed E-state index contributed by atoms with van der Waals surface area (Å²) < 4.78 is 12.8. The molecule has 0 unspecified atom stereocenters. The van der Waals surface area contributed by atoms with Crippen LogP contribution in [-0.4, -0.2) is 44.4 Å². The molecule has 31 heavy (non-hydrogen) atoms. The third kappa shape index (κ3) is 10.2. The first kappa shape index (κ1) is 27.0. The number of aryl methyl sites for hydroxylation is 2. The van der Waals surface area contributed by atoms with Crippen molar-refractivity contribution in [2.24, 2.45) is 4.99 Å². The van der Waals surface area contributed by atoms with Crippen molar-refractivity contribution in [1.82, 2.24) is 15.2 Å². The number of unbranched alkanes of at least 4 members (excludes halogenated alkanes) is 1. The maximum absolute atomic E-state index is 11.7. The van der Waals surface area contributed by atoms with Crippen LogP contribution in [0.1, 0.15) is 30.4 Å². The van der Waals surface area contributed by atoms with Gasteiger partial charge in [-0.15, -0.1) is 24.0 Å². The minimum Gasteiger partial charge on any atom is -0.493 e. The average Bonchev–Trinajstić information content (AvgIpc) is 2.75. The highest BCUT2D eigenvalue weighted by atomic mass is 127. The van der Waals surface area contributed by atoms with Crippen LogP contribution in [0.4, 0.5) is 0 Å². The van der Waals surface area contributed by atoms with Crippen LogP contribution in [0.15, 0.2) is 52.4 Å². The quantitative estimate of drug-likeness (QED) is 0.186. The lowest BCUT2D eigenvalue weighted by molar-refractivity contribution is 0.171. The van der Waals surface area contributed by atoms with Gasteiger partial charge in [0.25, 0.3) is 0 Å². The van der Waals surface area contributed by atoms with Crippen molar-refractivity contribution in [3.05, 3.63) is 64.1 Å². The second kappa shape index (κ2) is 15.7. The maximum Gasteiger partial charge on any atom is 0.250 e. The lowest BCUT2D eigenvalue weighted by atomic mass is 10.1. The molecule has 1 aromatic heterocycles. The van der Waals surface area contributed by atoms with Crippen LogP contribution in [0, 0.1) is 6.92 Å².